The van der Waals surface area contributed by atoms with Gasteiger partial charge in [-0.25, -0.2) is 9.78 Å². The molecule has 7 heteroatoms. The molecule has 0 amide bonds. The van der Waals surface area contributed by atoms with Gasteiger partial charge in [0.25, 0.3) is 0 Å². The smallest absolute Gasteiger partial charge is 0.374 e. The van der Waals surface area contributed by atoms with Crippen LogP contribution in [0.5, 0.6) is 0 Å². The van der Waals surface area contributed by atoms with E-state index in [1.165, 1.54) is 12.7 Å². The largest absolute Gasteiger partial charge is 0.463 e. The Labute approximate surface area is 142 Å². The fraction of sp³-hybridized carbons (Fsp3) is 0.588. The highest BCUT2D eigenvalue weighted by molar-refractivity contribution is 5.85. The van der Waals surface area contributed by atoms with Gasteiger partial charge in [0.1, 0.15) is 0 Å². The summed E-state index contributed by atoms with van der Waals surface area (Å²) in [6.07, 6.45) is 5.95. The van der Waals surface area contributed by atoms with Crippen molar-refractivity contribution in [3.8, 4) is 0 Å². The first kappa shape index (κ1) is 16.7. The van der Waals surface area contributed by atoms with Gasteiger partial charge in [0.15, 0.2) is 0 Å². The molecule has 0 spiro atoms. The van der Waals surface area contributed by atoms with Gasteiger partial charge in [-0.3, -0.25) is 9.58 Å². The first-order chi connectivity index (χ1) is 11.5. The van der Waals surface area contributed by atoms with Crippen LogP contribution in [-0.2, 0) is 31.2 Å². The van der Waals surface area contributed by atoms with Crippen molar-refractivity contribution in [1.82, 2.24) is 24.2 Å². The molecule has 0 saturated heterocycles. The van der Waals surface area contributed by atoms with E-state index in [9.17, 15) is 4.79 Å². The number of hydrogen-bond donors (Lipinski definition) is 0. The summed E-state index contributed by atoms with van der Waals surface area (Å²) in [7, 11) is 3.27. The van der Waals surface area contributed by atoms with Crippen molar-refractivity contribution in [2.75, 3.05) is 20.2 Å². The van der Waals surface area contributed by atoms with Gasteiger partial charge in [0.05, 0.1) is 19.0 Å². The molecule has 3 rings (SSSR count). The predicted octanol–water partition coefficient (Wildman–Crippen LogP) is 1.58. The lowest BCUT2D eigenvalue weighted by Gasteiger charge is -2.26. The molecule has 0 fully saturated rings. The summed E-state index contributed by atoms with van der Waals surface area (Å²) >= 11 is 0. The Morgan fingerprint density at radius 1 is 1.42 bits per heavy atom. The highest BCUT2D eigenvalue weighted by Gasteiger charge is 2.25. The molecule has 0 bridgehead atoms. The van der Waals surface area contributed by atoms with Crippen LogP contribution >= 0.6 is 0 Å². The summed E-state index contributed by atoms with van der Waals surface area (Å²) in [5.41, 5.74) is 3.38. The topological polar surface area (TPSA) is 65.2 Å². The molecule has 0 atom stereocenters. The molecular formula is C17H25N5O2. The third-order valence-electron chi connectivity index (χ3n) is 4.60. The number of esters is 1. The van der Waals surface area contributed by atoms with E-state index in [0.29, 0.717) is 11.9 Å². The highest BCUT2D eigenvalue weighted by Crippen LogP contribution is 2.20. The second-order valence-corrected chi connectivity index (χ2v) is 6.58. The third kappa shape index (κ3) is 3.21. The molecule has 0 radical (unpaired) electrons. The van der Waals surface area contributed by atoms with E-state index >= 15 is 0 Å². The van der Waals surface area contributed by atoms with Crippen LogP contribution in [0.2, 0.25) is 0 Å². The predicted molar refractivity (Wildman–Crippen MR) is 89.8 cm³/mol. The van der Waals surface area contributed by atoms with Crippen LogP contribution in [0.3, 0.4) is 0 Å². The molecule has 0 N–H and O–H groups in total. The Morgan fingerprint density at radius 2 is 2.21 bits per heavy atom. The second-order valence-electron chi connectivity index (χ2n) is 6.58. The second kappa shape index (κ2) is 6.76. The number of nitrogens with zero attached hydrogens (tertiary/aromatic N) is 5. The number of carbonyl (C=O) groups excluding carboxylic acids is 1. The van der Waals surface area contributed by atoms with Crippen LogP contribution < -0.4 is 0 Å². The van der Waals surface area contributed by atoms with E-state index in [1.807, 2.05) is 22.5 Å². The lowest BCUT2D eigenvalue weighted by Crippen LogP contribution is -2.32. The summed E-state index contributed by atoms with van der Waals surface area (Å²) < 4.78 is 8.66. The molecule has 0 aromatic carbocycles. The van der Waals surface area contributed by atoms with Crippen molar-refractivity contribution >= 4 is 5.97 Å². The number of carbonyl (C=O) groups is 1. The Morgan fingerprint density at radius 3 is 2.88 bits per heavy atom. The zero-order chi connectivity index (χ0) is 17.3. The van der Waals surface area contributed by atoms with E-state index in [1.54, 1.807) is 0 Å². The van der Waals surface area contributed by atoms with Crippen LogP contribution in [0.1, 0.15) is 47.5 Å². The Hall–Kier alpha value is -2.15. The number of ether oxygens (including phenoxy) is 1. The van der Waals surface area contributed by atoms with Crippen LogP contribution in [0.4, 0.5) is 0 Å². The van der Waals surface area contributed by atoms with Gasteiger partial charge in [0.2, 0.25) is 5.82 Å². The lowest BCUT2D eigenvalue weighted by atomic mass is 10.1. The van der Waals surface area contributed by atoms with Gasteiger partial charge < -0.3 is 9.30 Å². The van der Waals surface area contributed by atoms with Crippen molar-refractivity contribution in [2.45, 2.75) is 39.3 Å². The molecule has 24 heavy (non-hydrogen) atoms. The van der Waals surface area contributed by atoms with Crippen molar-refractivity contribution in [1.29, 1.82) is 0 Å². The minimum Gasteiger partial charge on any atom is -0.463 e. The van der Waals surface area contributed by atoms with E-state index in [2.05, 4.69) is 35.0 Å². The maximum Gasteiger partial charge on any atom is 0.374 e. The maximum absolute atomic E-state index is 11.8. The fourth-order valence-corrected chi connectivity index (χ4v) is 3.12. The van der Waals surface area contributed by atoms with Gasteiger partial charge in [-0.2, -0.15) is 5.10 Å². The minimum absolute atomic E-state index is 0.375. The Balaban J connectivity index is 1.63. The maximum atomic E-state index is 11.8. The third-order valence-corrected chi connectivity index (χ3v) is 4.60. The summed E-state index contributed by atoms with van der Waals surface area (Å²) in [6, 6.07) is 0.390. The molecule has 2 aromatic heterocycles. The van der Waals surface area contributed by atoms with Crippen molar-refractivity contribution in [2.24, 2.45) is 7.05 Å². The molecule has 0 saturated carbocycles. The van der Waals surface area contributed by atoms with E-state index in [4.69, 9.17) is 4.74 Å². The Kier molecular flexibility index (Phi) is 4.71. The summed E-state index contributed by atoms with van der Waals surface area (Å²) in [4.78, 5) is 18.6. The highest BCUT2D eigenvalue weighted by atomic mass is 16.5. The average Bonchev–Trinajstić information content (AvgIpc) is 3.17. The number of rotatable bonds is 5. The number of methoxy groups -OCH3 is 1. The molecule has 7 nitrogen and oxygen atoms in total. The molecule has 1 aliphatic heterocycles. The molecule has 0 unspecified atom stereocenters. The van der Waals surface area contributed by atoms with Gasteiger partial charge in [-0.15, -0.1) is 0 Å². The zero-order valence-corrected chi connectivity index (χ0v) is 14.8. The molecular weight excluding hydrogens is 306 g/mol. The molecule has 3 heterocycles. The summed E-state index contributed by atoms with van der Waals surface area (Å²) in [6.45, 7) is 6.98. The van der Waals surface area contributed by atoms with E-state index in [-0.39, 0.29) is 5.97 Å². The zero-order valence-electron chi connectivity index (χ0n) is 14.8. The van der Waals surface area contributed by atoms with Crippen molar-refractivity contribution < 1.29 is 9.53 Å². The van der Waals surface area contributed by atoms with Crippen LogP contribution in [0.15, 0.2) is 12.4 Å². The normalized spacial score (nSPS) is 14.9. The van der Waals surface area contributed by atoms with E-state index < -0.39 is 0 Å². The number of hydrogen-bond acceptors (Lipinski definition) is 5. The van der Waals surface area contributed by atoms with Gasteiger partial charge in [0, 0.05) is 51.0 Å². The van der Waals surface area contributed by atoms with Crippen LogP contribution in [0, 0.1) is 0 Å². The number of aromatic nitrogens is 4. The minimum atomic E-state index is -0.375. The van der Waals surface area contributed by atoms with E-state index in [0.717, 1.165) is 43.9 Å². The van der Waals surface area contributed by atoms with Gasteiger partial charge in [-0.1, -0.05) is 0 Å². The van der Waals surface area contributed by atoms with Crippen LogP contribution in [0.25, 0.3) is 0 Å². The SMILES string of the molecule is COC(=O)c1nc2c(n1C)CCN(CCc1cnn(C(C)C)c1)C2. The molecule has 130 valence electrons. The average molecular weight is 331 g/mol. The lowest BCUT2D eigenvalue weighted by molar-refractivity contribution is 0.0582. The van der Waals surface area contributed by atoms with Gasteiger partial charge >= 0.3 is 5.97 Å². The summed E-state index contributed by atoms with van der Waals surface area (Å²) in [5, 5.41) is 4.39. The first-order valence-corrected chi connectivity index (χ1v) is 8.37. The van der Waals surface area contributed by atoms with Crippen LogP contribution in [-0.4, -0.2) is 50.4 Å². The number of imidazole rings is 1. The van der Waals surface area contributed by atoms with Crippen molar-refractivity contribution in [3.63, 3.8) is 0 Å². The molecule has 0 aliphatic carbocycles. The Bertz CT molecular complexity index is 731. The molecule has 1 aliphatic rings. The number of fused-ring (bicyclic) bond motifs is 1. The standard InChI is InChI=1S/C17H25N5O2/c1-12(2)22-10-13(9-18-22)5-7-21-8-6-15-14(11-21)19-16(20(15)3)17(23)24-4/h9-10,12H,5-8,11H2,1-4H3. The first-order valence-electron chi connectivity index (χ1n) is 8.37. The fourth-order valence-electron chi connectivity index (χ4n) is 3.12. The van der Waals surface area contributed by atoms with Gasteiger partial charge in [-0.05, 0) is 25.8 Å². The molecule has 2 aromatic rings. The summed E-state index contributed by atoms with van der Waals surface area (Å²) in [5.74, 6) is 0.0158. The quantitative estimate of drug-likeness (QED) is 0.779. The monoisotopic (exact) mass is 331 g/mol. The van der Waals surface area contributed by atoms with Crippen molar-refractivity contribution in [3.05, 3.63) is 35.2 Å².